The van der Waals surface area contributed by atoms with E-state index in [1.807, 2.05) is 0 Å². The number of halogens is 1. The van der Waals surface area contributed by atoms with Gasteiger partial charge in [0.2, 0.25) is 0 Å². The summed E-state index contributed by atoms with van der Waals surface area (Å²) in [5.74, 6) is 0.776. The van der Waals surface area contributed by atoms with Gasteiger partial charge in [0.1, 0.15) is 11.0 Å². The van der Waals surface area contributed by atoms with Crippen LogP contribution in [0.2, 0.25) is 5.15 Å². The van der Waals surface area contributed by atoms with Gasteiger partial charge in [-0.1, -0.05) is 11.6 Å². The standard InChI is InChI=1S/C18H23ClN6O2/c19-15-5-4-13(11-20-15)17(26)21-14-6-8-23(12-14)9-10-25-18(27)24-7-2-1-3-16(24)22-25/h4-5,11,14H,1-3,6-10,12H2,(H,21,26). The quantitative estimate of drug-likeness (QED) is 0.768. The summed E-state index contributed by atoms with van der Waals surface area (Å²) in [6, 6.07) is 3.38. The molecule has 144 valence electrons. The van der Waals surface area contributed by atoms with E-state index in [4.69, 9.17) is 11.6 Å². The van der Waals surface area contributed by atoms with Gasteiger partial charge >= 0.3 is 5.69 Å². The molecule has 4 heterocycles. The van der Waals surface area contributed by atoms with Gasteiger partial charge in [-0.25, -0.2) is 14.5 Å². The number of aromatic nitrogens is 4. The SMILES string of the molecule is O=C(NC1CCN(CCn2nc3n(c2=O)CCCC3)C1)c1ccc(Cl)nc1. The summed E-state index contributed by atoms with van der Waals surface area (Å²) in [6.07, 6.45) is 5.42. The van der Waals surface area contributed by atoms with Crippen molar-refractivity contribution in [2.45, 2.75) is 44.8 Å². The zero-order valence-corrected chi connectivity index (χ0v) is 15.9. The van der Waals surface area contributed by atoms with Crippen LogP contribution in [0.15, 0.2) is 23.1 Å². The fourth-order valence-corrected chi connectivity index (χ4v) is 3.87. The number of aryl methyl sites for hydroxylation is 1. The molecule has 9 heteroatoms. The molecule has 0 bridgehead atoms. The molecule has 2 aromatic heterocycles. The van der Waals surface area contributed by atoms with Crippen molar-refractivity contribution in [1.29, 1.82) is 0 Å². The predicted octanol–water partition coefficient (Wildman–Crippen LogP) is 0.934. The summed E-state index contributed by atoms with van der Waals surface area (Å²) in [5, 5.41) is 7.89. The van der Waals surface area contributed by atoms with Gasteiger partial charge in [-0.2, -0.15) is 5.10 Å². The zero-order valence-electron chi connectivity index (χ0n) is 15.1. The van der Waals surface area contributed by atoms with Crippen LogP contribution in [-0.2, 0) is 19.5 Å². The lowest BCUT2D eigenvalue weighted by atomic mass is 10.2. The van der Waals surface area contributed by atoms with E-state index in [2.05, 4.69) is 20.3 Å². The minimum absolute atomic E-state index is 0.00369. The number of carbonyl (C=O) groups excluding carboxylic acids is 1. The van der Waals surface area contributed by atoms with Crippen molar-refractivity contribution >= 4 is 17.5 Å². The van der Waals surface area contributed by atoms with Crippen molar-refractivity contribution in [3.05, 3.63) is 45.4 Å². The van der Waals surface area contributed by atoms with Gasteiger partial charge in [-0.3, -0.25) is 14.3 Å². The van der Waals surface area contributed by atoms with E-state index >= 15 is 0 Å². The van der Waals surface area contributed by atoms with Crippen LogP contribution in [0.3, 0.4) is 0 Å². The predicted molar refractivity (Wildman–Crippen MR) is 101 cm³/mol. The highest BCUT2D eigenvalue weighted by molar-refractivity contribution is 6.29. The summed E-state index contributed by atoms with van der Waals surface area (Å²) in [6.45, 7) is 3.79. The molecule has 1 atom stereocenters. The van der Waals surface area contributed by atoms with Crippen LogP contribution in [0.5, 0.6) is 0 Å². The van der Waals surface area contributed by atoms with E-state index in [-0.39, 0.29) is 17.6 Å². The van der Waals surface area contributed by atoms with Crippen LogP contribution >= 0.6 is 11.6 Å². The molecule has 1 fully saturated rings. The maximum Gasteiger partial charge on any atom is 0.345 e. The number of rotatable bonds is 5. The molecule has 2 aliphatic rings. The first kappa shape index (κ1) is 18.2. The molecule has 0 aliphatic carbocycles. The summed E-state index contributed by atoms with van der Waals surface area (Å²) in [7, 11) is 0. The van der Waals surface area contributed by atoms with Crippen LogP contribution in [0.1, 0.15) is 35.4 Å². The first-order valence-corrected chi connectivity index (χ1v) is 9.79. The maximum absolute atomic E-state index is 12.4. The van der Waals surface area contributed by atoms with Crippen LogP contribution in [-0.4, -0.2) is 55.8 Å². The van der Waals surface area contributed by atoms with Gasteiger partial charge in [0.05, 0.1) is 12.1 Å². The molecule has 1 saturated heterocycles. The van der Waals surface area contributed by atoms with Gasteiger partial charge in [-0.05, 0) is 31.4 Å². The van der Waals surface area contributed by atoms with Crippen molar-refractivity contribution in [2.24, 2.45) is 0 Å². The number of nitrogens with one attached hydrogen (secondary N) is 1. The van der Waals surface area contributed by atoms with E-state index in [0.717, 1.165) is 57.7 Å². The topological polar surface area (TPSA) is 85.0 Å². The Bertz CT molecular complexity index is 875. The van der Waals surface area contributed by atoms with Crippen molar-refractivity contribution in [3.8, 4) is 0 Å². The Labute approximate surface area is 162 Å². The Kier molecular flexibility index (Phi) is 5.27. The third-order valence-electron chi connectivity index (χ3n) is 5.26. The second kappa shape index (κ2) is 7.82. The first-order chi connectivity index (χ1) is 13.1. The first-order valence-electron chi connectivity index (χ1n) is 9.41. The van der Waals surface area contributed by atoms with Crippen molar-refractivity contribution in [2.75, 3.05) is 19.6 Å². The van der Waals surface area contributed by atoms with E-state index in [0.29, 0.717) is 17.3 Å². The summed E-state index contributed by atoms with van der Waals surface area (Å²) in [5.41, 5.74) is 0.511. The van der Waals surface area contributed by atoms with Gasteiger partial charge in [0.25, 0.3) is 5.91 Å². The number of hydrogen-bond donors (Lipinski definition) is 1. The van der Waals surface area contributed by atoms with Gasteiger partial charge in [-0.15, -0.1) is 0 Å². The molecule has 2 aromatic rings. The third kappa shape index (κ3) is 4.06. The van der Waals surface area contributed by atoms with Crippen LogP contribution < -0.4 is 11.0 Å². The average Bonchev–Trinajstić information content (AvgIpc) is 3.25. The molecule has 2 aliphatic heterocycles. The summed E-state index contributed by atoms with van der Waals surface area (Å²) < 4.78 is 3.39. The number of hydrogen-bond acceptors (Lipinski definition) is 5. The number of pyridine rings is 1. The third-order valence-corrected chi connectivity index (χ3v) is 5.48. The second-order valence-corrected chi connectivity index (χ2v) is 7.55. The lowest BCUT2D eigenvalue weighted by Crippen LogP contribution is -2.38. The number of nitrogens with zero attached hydrogens (tertiary/aromatic N) is 5. The molecular formula is C18H23ClN6O2. The summed E-state index contributed by atoms with van der Waals surface area (Å²) in [4.78, 5) is 30.9. The smallest absolute Gasteiger partial charge is 0.345 e. The monoisotopic (exact) mass is 390 g/mol. The molecule has 0 saturated carbocycles. The highest BCUT2D eigenvalue weighted by atomic mass is 35.5. The molecular weight excluding hydrogens is 368 g/mol. The molecule has 8 nitrogen and oxygen atoms in total. The average molecular weight is 391 g/mol. The second-order valence-electron chi connectivity index (χ2n) is 7.16. The Morgan fingerprint density at radius 1 is 1.26 bits per heavy atom. The van der Waals surface area contributed by atoms with E-state index in [9.17, 15) is 9.59 Å². The number of likely N-dealkylation sites (tertiary alicyclic amines) is 1. The number of carbonyl (C=O) groups is 1. The Balaban J connectivity index is 1.29. The number of fused-ring (bicyclic) bond motifs is 1. The van der Waals surface area contributed by atoms with E-state index in [1.54, 1.807) is 21.4 Å². The molecule has 0 radical (unpaired) electrons. The largest absolute Gasteiger partial charge is 0.348 e. The fraction of sp³-hybridized carbons (Fsp3) is 0.556. The van der Waals surface area contributed by atoms with Crippen molar-refractivity contribution in [1.82, 2.24) is 29.5 Å². The van der Waals surface area contributed by atoms with Crippen molar-refractivity contribution in [3.63, 3.8) is 0 Å². The highest BCUT2D eigenvalue weighted by Crippen LogP contribution is 2.12. The van der Waals surface area contributed by atoms with Gasteiger partial charge < -0.3 is 5.32 Å². The van der Waals surface area contributed by atoms with Gasteiger partial charge in [0, 0.05) is 44.8 Å². The van der Waals surface area contributed by atoms with Gasteiger partial charge in [0.15, 0.2) is 0 Å². The number of amides is 1. The Morgan fingerprint density at radius 3 is 2.93 bits per heavy atom. The van der Waals surface area contributed by atoms with Crippen LogP contribution in [0.4, 0.5) is 0 Å². The fourth-order valence-electron chi connectivity index (χ4n) is 3.76. The van der Waals surface area contributed by atoms with E-state index < -0.39 is 0 Å². The molecule has 0 aromatic carbocycles. The Hall–Kier alpha value is -2.19. The van der Waals surface area contributed by atoms with E-state index in [1.165, 1.54) is 6.20 Å². The molecule has 1 amide bonds. The van der Waals surface area contributed by atoms with Crippen molar-refractivity contribution < 1.29 is 4.79 Å². The maximum atomic E-state index is 12.4. The minimum atomic E-state index is -0.135. The molecule has 4 rings (SSSR count). The van der Waals surface area contributed by atoms with Crippen LogP contribution in [0, 0.1) is 0 Å². The molecule has 1 unspecified atom stereocenters. The lowest BCUT2D eigenvalue weighted by molar-refractivity contribution is 0.0937. The Morgan fingerprint density at radius 2 is 2.15 bits per heavy atom. The lowest BCUT2D eigenvalue weighted by Gasteiger charge is -2.16. The zero-order chi connectivity index (χ0) is 18.8. The molecule has 27 heavy (non-hydrogen) atoms. The highest BCUT2D eigenvalue weighted by Gasteiger charge is 2.25. The molecule has 1 N–H and O–H groups in total. The van der Waals surface area contributed by atoms with Crippen LogP contribution in [0.25, 0.3) is 0 Å². The summed E-state index contributed by atoms with van der Waals surface area (Å²) >= 11 is 5.76. The molecule has 0 spiro atoms. The minimum Gasteiger partial charge on any atom is -0.348 e. The normalized spacial score (nSPS) is 19.8.